The minimum atomic E-state index is 0.871. The van der Waals surface area contributed by atoms with Gasteiger partial charge in [-0.2, -0.15) is 0 Å². The van der Waals surface area contributed by atoms with Gasteiger partial charge in [0, 0.05) is 18.8 Å². The van der Waals surface area contributed by atoms with Crippen LogP contribution in [0.2, 0.25) is 0 Å². The largest absolute Gasteiger partial charge is 0.360 e. The van der Waals surface area contributed by atoms with Gasteiger partial charge >= 0.3 is 0 Å². The van der Waals surface area contributed by atoms with Gasteiger partial charge in [0.15, 0.2) is 5.11 Å². The summed E-state index contributed by atoms with van der Waals surface area (Å²) in [6, 6.07) is 6.55. The van der Waals surface area contributed by atoms with E-state index in [-0.39, 0.29) is 0 Å². The van der Waals surface area contributed by atoms with E-state index in [1.54, 1.807) is 0 Å². The third kappa shape index (κ3) is 1.92. The molecule has 0 aliphatic carbocycles. The molecule has 1 aromatic rings. The number of nitrogens with one attached hydrogen (secondary N) is 1. The lowest BCUT2D eigenvalue weighted by Gasteiger charge is -2.23. The minimum Gasteiger partial charge on any atom is -0.360 e. The number of rotatable bonds is 3. The molecule has 1 saturated heterocycles. The fraction of sp³-hybridized carbons (Fsp3) is 0.462. The number of para-hydroxylation sites is 1. The van der Waals surface area contributed by atoms with Crippen molar-refractivity contribution in [2.75, 3.05) is 18.0 Å². The highest BCUT2D eigenvalue weighted by Crippen LogP contribution is 2.28. The van der Waals surface area contributed by atoms with Crippen LogP contribution in [0.3, 0.4) is 0 Å². The van der Waals surface area contributed by atoms with E-state index in [1.165, 1.54) is 16.8 Å². The van der Waals surface area contributed by atoms with Crippen molar-refractivity contribution >= 4 is 23.0 Å². The van der Waals surface area contributed by atoms with Crippen LogP contribution in [0.5, 0.6) is 0 Å². The zero-order valence-electron chi connectivity index (χ0n) is 9.92. The molecule has 0 saturated carbocycles. The zero-order chi connectivity index (χ0) is 11.5. The lowest BCUT2D eigenvalue weighted by molar-refractivity contribution is 0.960. The van der Waals surface area contributed by atoms with Crippen LogP contribution in [-0.2, 0) is 12.8 Å². The summed E-state index contributed by atoms with van der Waals surface area (Å²) in [5.41, 5.74) is 4.12. The monoisotopic (exact) mass is 234 g/mol. The van der Waals surface area contributed by atoms with Gasteiger partial charge in [-0.25, -0.2) is 0 Å². The van der Waals surface area contributed by atoms with Crippen LogP contribution in [-0.4, -0.2) is 18.2 Å². The molecule has 2 rings (SSSR count). The average Bonchev–Trinajstić information content (AvgIpc) is 2.74. The summed E-state index contributed by atoms with van der Waals surface area (Å²) in [7, 11) is 0. The number of benzene rings is 1. The first-order valence-corrected chi connectivity index (χ1v) is 6.34. The van der Waals surface area contributed by atoms with Gasteiger partial charge in [0.05, 0.1) is 0 Å². The highest BCUT2D eigenvalue weighted by atomic mass is 32.1. The highest BCUT2D eigenvalue weighted by molar-refractivity contribution is 7.80. The minimum absolute atomic E-state index is 0.871. The Bertz CT molecular complexity index is 379. The second-order valence-electron chi connectivity index (χ2n) is 4.02. The van der Waals surface area contributed by atoms with Crippen LogP contribution in [0.1, 0.15) is 25.0 Å². The molecule has 0 spiro atoms. The van der Waals surface area contributed by atoms with E-state index in [0.717, 1.165) is 31.0 Å². The highest BCUT2D eigenvalue weighted by Gasteiger charge is 2.21. The normalized spacial score (nSPS) is 15.4. The van der Waals surface area contributed by atoms with Crippen molar-refractivity contribution in [2.24, 2.45) is 0 Å². The Morgan fingerprint density at radius 3 is 2.31 bits per heavy atom. The Balaban J connectivity index is 2.47. The van der Waals surface area contributed by atoms with E-state index in [1.807, 2.05) is 0 Å². The zero-order valence-corrected chi connectivity index (χ0v) is 10.7. The van der Waals surface area contributed by atoms with Gasteiger partial charge in [0.25, 0.3) is 0 Å². The third-order valence-electron chi connectivity index (χ3n) is 3.09. The lowest BCUT2D eigenvalue weighted by atomic mass is 10.0. The van der Waals surface area contributed by atoms with Gasteiger partial charge in [-0.15, -0.1) is 0 Å². The average molecular weight is 234 g/mol. The van der Waals surface area contributed by atoms with Crippen LogP contribution >= 0.6 is 12.2 Å². The van der Waals surface area contributed by atoms with E-state index in [4.69, 9.17) is 12.2 Å². The van der Waals surface area contributed by atoms with Crippen molar-refractivity contribution in [3.63, 3.8) is 0 Å². The molecular weight excluding hydrogens is 216 g/mol. The second kappa shape index (κ2) is 4.83. The molecule has 1 heterocycles. The van der Waals surface area contributed by atoms with Gasteiger partial charge < -0.3 is 10.2 Å². The Labute approximate surface area is 103 Å². The van der Waals surface area contributed by atoms with Crippen molar-refractivity contribution < 1.29 is 0 Å². The molecule has 0 amide bonds. The fourth-order valence-electron chi connectivity index (χ4n) is 2.25. The summed E-state index contributed by atoms with van der Waals surface area (Å²) in [5, 5.41) is 4.10. The molecule has 1 N–H and O–H groups in total. The van der Waals surface area contributed by atoms with E-state index < -0.39 is 0 Å². The number of aryl methyl sites for hydroxylation is 2. The van der Waals surface area contributed by atoms with Crippen LogP contribution in [0, 0.1) is 0 Å². The van der Waals surface area contributed by atoms with Gasteiger partial charge in [-0.3, -0.25) is 0 Å². The van der Waals surface area contributed by atoms with Crippen LogP contribution in [0.15, 0.2) is 18.2 Å². The topological polar surface area (TPSA) is 15.3 Å². The third-order valence-corrected chi connectivity index (χ3v) is 3.46. The molecule has 1 aliphatic rings. The maximum absolute atomic E-state index is 5.35. The molecule has 0 radical (unpaired) electrons. The summed E-state index contributed by atoms with van der Waals surface area (Å²) < 4.78 is 0. The smallest absolute Gasteiger partial charge is 0.173 e. The van der Waals surface area contributed by atoms with Crippen molar-refractivity contribution in [1.82, 2.24) is 5.32 Å². The van der Waals surface area contributed by atoms with E-state index in [9.17, 15) is 0 Å². The molecule has 86 valence electrons. The number of nitrogens with zero attached hydrogens (tertiary/aromatic N) is 1. The second-order valence-corrected chi connectivity index (χ2v) is 4.40. The Kier molecular flexibility index (Phi) is 3.44. The first-order valence-electron chi connectivity index (χ1n) is 5.94. The van der Waals surface area contributed by atoms with Crippen molar-refractivity contribution in [3.05, 3.63) is 29.3 Å². The molecule has 1 fully saturated rings. The number of thiocarbonyl (C=S) groups is 1. The van der Waals surface area contributed by atoms with E-state index in [2.05, 4.69) is 42.3 Å². The maximum Gasteiger partial charge on any atom is 0.173 e. The molecule has 0 aromatic heterocycles. The molecular formula is C13H18N2S. The van der Waals surface area contributed by atoms with E-state index >= 15 is 0 Å². The molecule has 2 nitrogen and oxygen atoms in total. The van der Waals surface area contributed by atoms with Crippen LogP contribution in [0.4, 0.5) is 5.69 Å². The lowest BCUT2D eigenvalue weighted by Crippen LogP contribution is -2.29. The molecule has 1 aliphatic heterocycles. The van der Waals surface area contributed by atoms with Gasteiger partial charge in [-0.05, 0) is 36.2 Å². The molecule has 0 bridgehead atoms. The number of anilines is 1. The first-order chi connectivity index (χ1) is 7.77. The SMILES string of the molecule is CCc1cccc(CC)c1N1CCNC1=S. The summed E-state index contributed by atoms with van der Waals surface area (Å²) >= 11 is 5.35. The van der Waals surface area contributed by atoms with E-state index in [0.29, 0.717) is 0 Å². The molecule has 16 heavy (non-hydrogen) atoms. The van der Waals surface area contributed by atoms with Crippen molar-refractivity contribution in [1.29, 1.82) is 0 Å². The van der Waals surface area contributed by atoms with Crippen LogP contribution < -0.4 is 10.2 Å². The summed E-state index contributed by atoms with van der Waals surface area (Å²) in [5.74, 6) is 0. The molecule has 0 unspecified atom stereocenters. The summed E-state index contributed by atoms with van der Waals surface area (Å²) in [4.78, 5) is 2.24. The Morgan fingerprint density at radius 2 is 1.88 bits per heavy atom. The van der Waals surface area contributed by atoms with Gasteiger partial charge in [-0.1, -0.05) is 32.0 Å². The number of hydrogen-bond donors (Lipinski definition) is 1. The quantitative estimate of drug-likeness (QED) is 0.809. The van der Waals surface area contributed by atoms with Gasteiger partial charge in [0.2, 0.25) is 0 Å². The van der Waals surface area contributed by atoms with Gasteiger partial charge in [0.1, 0.15) is 0 Å². The Morgan fingerprint density at radius 1 is 1.25 bits per heavy atom. The predicted molar refractivity (Wildman–Crippen MR) is 73.1 cm³/mol. The van der Waals surface area contributed by atoms with Crippen molar-refractivity contribution in [2.45, 2.75) is 26.7 Å². The fourth-order valence-corrected chi connectivity index (χ4v) is 2.53. The predicted octanol–water partition coefficient (Wildman–Crippen LogP) is 2.51. The molecule has 0 atom stereocenters. The Hall–Kier alpha value is -1.09. The van der Waals surface area contributed by atoms with Crippen molar-refractivity contribution in [3.8, 4) is 0 Å². The first kappa shape index (κ1) is 11.4. The summed E-state index contributed by atoms with van der Waals surface area (Å²) in [6.45, 7) is 6.35. The number of hydrogen-bond acceptors (Lipinski definition) is 1. The summed E-state index contributed by atoms with van der Waals surface area (Å²) in [6.07, 6.45) is 2.12. The molecule has 1 aromatic carbocycles. The molecule has 3 heteroatoms. The maximum atomic E-state index is 5.35. The van der Waals surface area contributed by atoms with Crippen LogP contribution in [0.25, 0.3) is 0 Å². The standard InChI is InChI=1S/C13H18N2S/c1-3-10-6-5-7-11(4-2)12(10)15-9-8-14-13(15)16/h5-7H,3-4,8-9H2,1-2H3,(H,14,16).